The van der Waals surface area contributed by atoms with Gasteiger partial charge in [0.2, 0.25) is 0 Å². The molecule has 0 aliphatic rings. The number of hydrogen-bond donors (Lipinski definition) is 0. The molecule has 0 saturated carbocycles. The number of carbonyl (C=O) groups is 1. The zero-order valence-corrected chi connectivity index (χ0v) is 10.4. The van der Waals surface area contributed by atoms with Crippen LogP contribution in [0.3, 0.4) is 0 Å². The molecular weight excluding hydrogens is 224 g/mol. The molecule has 2 aromatic rings. The van der Waals surface area contributed by atoms with E-state index in [0.717, 1.165) is 16.0 Å². The fraction of sp³-hybridized carbons (Fsp3) is 0.250. The first-order valence-corrected chi connectivity index (χ1v) is 6.54. The standard InChI is InChI=1S/C12H12OS2/c1-8-9(2)15-7-11(8)12(13)6-10-4-3-5-14-10/h3-5,7H,6H2,1-2H3. The Morgan fingerprint density at radius 3 is 2.67 bits per heavy atom. The fourth-order valence-corrected chi connectivity index (χ4v) is 3.05. The number of thiophene rings is 2. The number of Topliss-reactive ketones (excluding diaryl/α,β-unsaturated/α-hetero) is 1. The molecule has 15 heavy (non-hydrogen) atoms. The highest BCUT2D eigenvalue weighted by Gasteiger charge is 2.13. The zero-order valence-electron chi connectivity index (χ0n) is 8.74. The van der Waals surface area contributed by atoms with Gasteiger partial charge in [0, 0.05) is 27.1 Å². The summed E-state index contributed by atoms with van der Waals surface area (Å²) in [4.78, 5) is 14.3. The Bertz CT molecular complexity index is 466. The zero-order chi connectivity index (χ0) is 10.8. The van der Waals surface area contributed by atoms with Crippen molar-refractivity contribution in [2.24, 2.45) is 0 Å². The van der Waals surface area contributed by atoms with Gasteiger partial charge in [-0.05, 0) is 30.9 Å². The molecular formula is C12H12OS2. The van der Waals surface area contributed by atoms with Crippen LogP contribution in [0.4, 0.5) is 0 Å². The van der Waals surface area contributed by atoms with Crippen LogP contribution in [0.25, 0.3) is 0 Å². The SMILES string of the molecule is Cc1scc(C(=O)Cc2cccs2)c1C. The topological polar surface area (TPSA) is 17.1 Å². The number of rotatable bonds is 3. The maximum absolute atomic E-state index is 12.0. The second-order valence-electron chi connectivity index (χ2n) is 3.51. The first kappa shape index (κ1) is 10.6. The molecule has 0 bridgehead atoms. The van der Waals surface area contributed by atoms with Crippen molar-refractivity contribution in [1.82, 2.24) is 0 Å². The average molecular weight is 236 g/mol. The molecule has 0 saturated heterocycles. The van der Waals surface area contributed by atoms with E-state index in [1.165, 1.54) is 4.88 Å². The predicted octanol–water partition coefficient (Wildman–Crippen LogP) is 3.85. The Labute approximate surface area is 97.4 Å². The molecule has 0 spiro atoms. The normalized spacial score (nSPS) is 10.5. The van der Waals surface area contributed by atoms with Gasteiger partial charge >= 0.3 is 0 Å². The van der Waals surface area contributed by atoms with Crippen molar-refractivity contribution in [2.45, 2.75) is 20.3 Å². The number of carbonyl (C=O) groups excluding carboxylic acids is 1. The molecule has 0 aromatic carbocycles. The van der Waals surface area contributed by atoms with Crippen LogP contribution < -0.4 is 0 Å². The molecule has 78 valence electrons. The summed E-state index contributed by atoms with van der Waals surface area (Å²) >= 11 is 3.30. The summed E-state index contributed by atoms with van der Waals surface area (Å²) in [5.41, 5.74) is 2.03. The van der Waals surface area contributed by atoms with Crippen LogP contribution in [0.15, 0.2) is 22.9 Å². The molecule has 2 rings (SSSR count). The molecule has 0 radical (unpaired) electrons. The van der Waals surface area contributed by atoms with Gasteiger partial charge in [-0.1, -0.05) is 6.07 Å². The van der Waals surface area contributed by atoms with Crippen LogP contribution in [0.5, 0.6) is 0 Å². The van der Waals surface area contributed by atoms with Crippen molar-refractivity contribution in [3.63, 3.8) is 0 Å². The van der Waals surface area contributed by atoms with E-state index in [9.17, 15) is 4.79 Å². The Morgan fingerprint density at radius 2 is 2.13 bits per heavy atom. The quantitative estimate of drug-likeness (QED) is 0.740. The lowest BCUT2D eigenvalue weighted by Crippen LogP contribution is -2.02. The molecule has 3 heteroatoms. The Kier molecular flexibility index (Phi) is 3.03. The third kappa shape index (κ3) is 2.19. The third-order valence-electron chi connectivity index (χ3n) is 2.50. The van der Waals surface area contributed by atoms with Crippen LogP contribution in [0.1, 0.15) is 25.7 Å². The monoisotopic (exact) mass is 236 g/mol. The van der Waals surface area contributed by atoms with Crippen LogP contribution >= 0.6 is 22.7 Å². The van der Waals surface area contributed by atoms with Gasteiger partial charge in [0.25, 0.3) is 0 Å². The molecule has 0 N–H and O–H groups in total. The van der Waals surface area contributed by atoms with Gasteiger partial charge in [-0.25, -0.2) is 0 Å². The summed E-state index contributed by atoms with van der Waals surface area (Å²) in [5, 5.41) is 3.98. The van der Waals surface area contributed by atoms with Crippen LogP contribution in [0, 0.1) is 13.8 Å². The number of ketones is 1. The van der Waals surface area contributed by atoms with E-state index in [2.05, 4.69) is 6.92 Å². The lowest BCUT2D eigenvalue weighted by molar-refractivity contribution is 0.0993. The minimum absolute atomic E-state index is 0.235. The first-order chi connectivity index (χ1) is 7.18. The molecule has 0 unspecified atom stereocenters. The molecule has 0 atom stereocenters. The highest BCUT2D eigenvalue weighted by molar-refractivity contribution is 7.10. The van der Waals surface area contributed by atoms with E-state index in [1.807, 2.05) is 29.8 Å². The summed E-state index contributed by atoms with van der Waals surface area (Å²) in [6.45, 7) is 4.08. The summed E-state index contributed by atoms with van der Waals surface area (Å²) in [5.74, 6) is 0.235. The second kappa shape index (κ2) is 4.29. The van der Waals surface area contributed by atoms with Gasteiger partial charge in [-0.3, -0.25) is 4.79 Å². The van der Waals surface area contributed by atoms with Crippen molar-refractivity contribution >= 4 is 28.5 Å². The summed E-state index contributed by atoms with van der Waals surface area (Å²) in [6, 6.07) is 4.00. The minimum Gasteiger partial charge on any atom is -0.294 e. The van der Waals surface area contributed by atoms with Crippen LogP contribution in [-0.4, -0.2) is 5.78 Å². The molecule has 0 aliphatic heterocycles. The molecule has 0 fully saturated rings. The average Bonchev–Trinajstić information content (AvgIpc) is 2.79. The van der Waals surface area contributed by atoms with E-state index < -0.39 is 0 Å². The maximum Gasteiger partial charge on any atom is 0.169 e. The summed E-state index contributed by atoms with van der Waals surface area (Å²) < 4.78 is 0. The van der Waals surface area contributed by atoms with Gasteiger partial charge in [0.15, 0.2) is 5.78 Å². The molecule has 2 heterocycles. The van der Waals surface area contributed by atoms with Crippen molar-refractivity contribution in [1.29, 1.82) is 0 Å². The van der Waals surface area contributed by atoms with E-state index in [4.69, 9.17) is 0 Å². The van der Waals surface area contributed by atoms with Crippen molar-refractivity contribution in [3.8, 4) is 0 Å². The highest BCUT2D eigenvalue weighted by Crippen LogP contribution is 2.22. The van der Waals surface area contributed by atoms with Crippen LogP contribution in [-0.2, 0) is 6.42 Å². The van der Waals surface area contributed by atoms with Gasteiger partial charge in [0.05, 0.1) is 0 Å². The van der Waals surface area contributed by atoms with Crippen molar-refractivity contribution < 1.29 is 4.79 Å². The molecule has 0 aliphatic carbocycles. The van der Waals surface area contributed by atoms with E-state index in [0.29, 0.717) is 6.42 Å². The Hall–Kier alpha value is -0.930. The molecule has 1 nitrogen and oxygen atoms in total. The lowest BCUT2D eigenvalue weighted by atomic mass is 10.1. The summed E-state index contributed by atoms with van der Waals surface area (Å²) in [7, 11) is 0. The maximum atomic E-state index is 12.0. The predicted molar refractivity (Wildman–Crippen MR) is 66.1 cm³/mol. The third-order valence-corrected chi connectivity index (χ3v) is 4.39. The molecule has 2 aromatic heterocycles. The van der Waals surface area contributed by atoms with E-state index in [1.54, 1.807) is 22.7 Å². The fourth-order valence-electron chi connectivity index (χ4n) is 1.46. The highest BCUT2D eigenvalue weighted by atomic mass is 32.1. The van der Waals surface area contributed by atoms with E-state index in [-0.39, 0.29) is 5.78 Å². The van der Waals surface area contributed by atoms with Gasteiger partial charge in [-0.2, -0.15) is 0 Å². The Morgan fingerprint density at radius 1 is 1.33 bits per heavy atom. The summed E-state index contributed by atoms with van der Waals surface area (Å²) in [6.07, 6.45) is 0.536. The van der Waals surface area contributed by atoms with Crippen molar-refractivity contribution in [2.75, 3.05) is 0 Å². The van der Waals surface area contributed by atoms with Gasteiger partial charge in [0.1, 0.15) is 0 Å². The molecule has 0 amide bonds. The van der Waals surface area contributed by atoms with E-state index >= 15 is 0 Å². The minimum atomic E-state index is 0.235. The smallest absolute Gasteiger partial charge is 0.169 e. The second-order valence-corrected chi connectivity index (χ2v) is 5.63. The van der Waals surface area contributed by atoms with Crippen LogP contribution in [0.2, 0.25) is 0 Å². The largest absolute Gasteiger partial charge is 0.294 e. The van der Waals surface area contributed by atoms with Crippen molar-refractivity contribution in [3.05, 3.63) is 43.8 Å². The van der Waals surface area contributed by atoms with Gasteiger partial charge < -0.3 is 0 Å². The first-order valence-electron chi connectivity index (χ1n) is 4.78. The number of hydrogen-bond acceptors (Lipinski definition) is 3. The Balaban J connectivity index is 2.19. The number of aryl methyl sites for hydroxylation is 1. The van der Waals surface area contributed by atoms with Gasteiger partial charge in [-0.15, -0.1) is 22.7 Å². The lowest BCUT2D eigenvalue weighted by Gasteiger charge is -1.98.